The first-order valence-corrected chi connectivity index (χ1v) is 6.28. The first-order valence-electron chi connectivity index (χ1n) is 5.49. The third kappa shape index (κ3) is 3.04. The minimum atomic E-state index is -0.830. The van der Waals surface area contributed by atoms with Gasteiger partial charge >= 0.3 is 5.97 Å². The summed E-state index contributed by atoms with van der Waals surface area (Å²) in [7, 11) is 0. The molecular weight excluding hydrogens is 289 g/mol. The van der Waals surface area contributed by atoms with E-state index in [0.29, 0.717) is 22.9 Å². The number of rotatable bonds is 3. The molecule has 1 aromatic rings. The largest absolute Gasteiger partial charge is 0.480 e. The van der Waals surface area contributed by atoms with Crippen LogP contribution in [0.1, 0.15) is 18.4 Å². The standard InChI is InChI=1S/C12H13BrFNO2/c13-8-2-1-7(10(14)6-8)5-9-3-4-11(15-9)12(16)17/h1-2,6,9,11,15H,3-5H2,(H,16,17). The molecular formula is C12H13BrFNO2. The Labute approximate surface area is 107 Å². The van der Waals surface area contributed by atoms with E-state index in [2.05, 4.69) is 21.2 Å². The fourth-order valence-corrected chi connectivity index (χ4v) is 2.46. The maximum absolute atomic E-state index is 13.6. The van der Waals surface area contributed by atoms with Crippen molar-refractivity contribution in [3.63, 3.8) is 0 Å². The van der Waals surface area contributed by atoms with Gasteiger partial charge in [0.05, 0.1) is 0 Å². The van der Waals surface area contributed by atoms with Crippen molar-refractivity contribution in [2.24, 2.45) is 0 Å². The predicted molar refractivity (Wildman–Crippen MR) is 65.4 cm³/mol. The predicted octanol–water partition coefficient (Wildman–Crippen LogP) is 2.34. The summed E-state index contributed by atoms with van der Waals surface area (Å²) in [6.07, 6.45) is 1.91. The Balaban J connectivity index is 2.00. The van der Waals surface area contributed by atoms with E-state index in [9.17, 15) is 9.18 Å². The SMILES string of the molecule is O=C(O)C1CCC(Cc2ccc(Br)cc2F)N1. The van der Waals surface area contributed by atoms with Gasteiger partial charge in [0.2, 0.25) is 0 Å². The van der Waals surface area contributed by atoms with Gasteiger partial charge in [-0.1, -0.05) is 22.0 Å². The molecule has 17 heavy (non-hydrogen) atoms. The van der Waals surface area contributed by atoms with Crippen molar-refractivity contribution in [1.29, 1.82) is 0 Å². The summed E-state index contributed by atoms with van der Waals surface area (Å²) in [5.41, 5.74) is 0.622. The van der Waals surface area contributed by atoms with Crippen LogP contribution >= 0.6 is 15.9 Å². The molecule has 0 aliphatic carbocycles. The Hall–Kier alpha value is -0.940. The zero-order chi connectivity index (χ0) is 12.4. The Bertz CT molecular complexity index is 439. The summed E-state index contributed by atoms with van der Waals surface area (Å²) < 4.78 is 14.3. The highest BCUT2D eigenvalue weighted by atomic mass is 79.9. The number of benzene rings is 1. The monoisotopic (exact) mass is 301 g/mol. The minimum absolute atomic E-state index is 0.0479. The van der Waals surface area contributed by atoms with E-state index >= 15 is 0 Å². The van der Waals surface area contributed by atoms with E-state index in [1.165, 1.54) is 6.07 Å². The van der Waals surface area contributed by atoms with E-state index in [4.69, 9.17) is 5.11 Å². The first-order chi connectivity index (χ1) is 8.06. The van der Waals surface area contributed by atoms with Crippen LogP contribution in [0.15, 0.2) is 22.7 Å². The van der Waals surface area contributed by atoms with Gasteiger partial charge in [-0.3, -0.25) is 4.79 Å². The number of carboxylic acid groups (broad SMARTS) is 1. The van der Waals surface area contributed by atoms with Gasteiger partial charge in [-0.05, 0) is 37.0 Å². The van der Waals surface area contributed by atoms with Crippen molar-refractivity contribution >= 4 is 21.9 Å². The molecule has 2 rings (SSSR count). The molecule has 0 amide bonds. The molecule has 92 valence electrons. The van der Waals surface area contributed by atoms with Crippen LogP contribution < -0.4 is 5.32 Å². The molecule has 0 bridgehead atoms. The van der Waals surface area contributed by atoms with E-state index < -0.39 is 12.0 Å². The van der Waals surface area contributed by atoms with Crippen molar-refractivity contribution in [3.05, 3.63) is 34.1 Å². The van der Waals surface area contributed by atoms with Gasteiger partial charge in [-0.2, -0.15) is 0 Å². The van der Waals surface area contributed by atoms with Crippen molar-refractivity contribution in [3.8, 4) is 0 Å². The smallest absolute Gasteiger partial charge is 0.320 e. The van der Waals surface area contributed by atoms with Crippen molar-refractivity contribution < 1.29 is 14.3 Å². The van der Waals surface area contributed by atoms with Crippen LogP contribution in [0.5, 0.6) is 0 Å². The molecule has 0 radical (unpaired) electrons. The average Bonchev–Trinajstić information content (AvgIpc) is 2.71. The van der Waals surface area contributed by atoms with Crippen LogP contribution in [0.3, 0.4) is 0 Å². The van der Waals surface area contributed by atoms with Crippen molar-refractivity contribution in [2.75, 3.05) is 0 Å². The van der Waals surface area contributed by atoms with Gasteiger partial charge in [0.1, 0.15) is 11.9 Å². The fourth-order valence-electron chi connectivity index (χ4n) is 2.13. The third-order valence-electron chi connectivity index (χ3n) is 3.02. The number of carbonyl (C=O) groups is 1. The molecule has 1 aromatic carbocycles. The van der Waals surface area contributed by atoms with Gasteiger partial charge in [0.25, 0.3) is 0 Å². The zero-order valence-electron chi connectivity index (χ0n) is 9.12. The van der Waals surface area contributed by atoms with Gasteiger partial charge in [0, 0.05) is 10.5 Å². The number of halogens is 2. The Morgan fingerprint density at radius 1 is 1.53 bits per heavy atom. The van der Waals surface area contributed by atoms with Gasteiger partial charge in [-0.15, -0.1) is 0 Å². The molecule has 0 aromatic heterocycles. The lowest BCUT2D eigenvalue weighted by Gasteiger charge is -2.12. The minimum Gasteiger partial charge on any atom is -0.480 e. The number of carboxylic acids is 1. The first kappa shape index (κ1) is 12.5. The second-order valence-electron chi connectivity index (χ2n) is 4.27. The van der Waals surface area contributed by atoms with Crippen molar-refractivity contribution in [1.82, 2.24) is 5.32 Å². The van der Waals surface area contributed by atoms with Crippen LogP contribution in [0.2, 0.25) is 0 Å². The Morgan fingerprint density at radius 2 is 2.29 bits per heavy atom. The average molecular weight is 302 g/mol. The molecule has 0 spiro atoms. The quantitative estimate of drug-likeness (QED) is 0.901. The summed E-state index contributed by atoms with van der Waals surface area (Å²) in [4.78, 5) is 10.8. The van der Waals surface area contributed by atoms with Gasteiger partial charge in [0.15, 0.2) is 0 Å². The summed E-state index contributed by atoms with van der Waals surface area (Å²) >= 11 is 3.20. The summed E-state index contributed by atoms with van der Waals surface area (Å²) in [5.74, 6) is -1.08. The second-order valence-corrected chi connectivity index (χ2v) is 5.19. The van der Waals surface area contributed by atoms with Crippen molar-refractivity contribution in [2.45, 2.75) is 31.3 Å². The van der Waals surface area contributed by atoms with E-state index in [1.807, 2.05) is 0 Å². The number of hydrogen-bond acceptors (Lipinski definition) is 2. The summed E-state index contributed by atoms with van der Waals surface area (Å²) in [6.45, 7) is 0. The third-order valence-corrected chi connectivity index (χ3v) is 3.51. The normalized spacial score (nSPS) is 23.9. The molecule has 1 heterocycles. The molecule has 2 unspecified atom stereocenters. The lowest BCUT2D eigenvalue weighted by molar-refractivity contribution is -0.139. The van der Waals surface area contributed by atoms with Crippen LogP contribution in [0.25, 0.3) is 0 Å². The number of hydrogen-bond donors (Lipinski definition) is 2. The number of nitrogens with one attached hydrogen (secondary N) is 1. The van der Waals surface area contributed by atoms with Gasteiger partial charge in [-0.25, -0.2) is 4.39 Å². The molecule has 3 nitrogen and oxygen atoms in total. The van der Waals surface area contributed by atoms with Gasteiger partial charge < -0.3 is 10.4 Å². The molecule has 2 N–H and O–H groups in total. The molecule has 1 aliphatic heterocycles. The van der Waals surface area contributed by atoms with E-state index in [0.717, 1.165) is 6.42 Å². The second kappa shape index (κ2) is 5.14. The lowest BCUT2D eigenvalue weighted by Crippen LogP contribution is -2.36. The molecule has 0 saturated carbocycles. The van der Waals surface area contributed by atoms with Crippen LogP contribution in [-0.2, 0) is 11.2 Å². The zero-order valence-corrected chi connectivity index (χ0v) is 10.7. The maximum Gasteiger partial charge on any atom is 0.320 e. The summed E-state index contributed by atoms with van der Waals surface area (Å²) in [5, 5.41) is 11.8. The molecule has 1 aliphatic rings. The molecule has 1 saturated heterocycles. The van der Waals surface area contributed by atoms with Crippen LogP contribution in [0.4, 0.5) is 4.39 Å². The number of aliphatic carboxylic acids is 1. The fraction of sp³-hybridized carbons (Fsp3) is 0.417. The van der Waals surface area contributed by atoms with Crippen LogP contribution in [0, 0.1) is 5.82 Å². The Kier molecular flexibility index (Phi) is 3.79. The topological polar surface area (TPSA) is 49.3 Å². The highest BCUT2D eigenvalue weighted by Gasteiger charge is 2.29. The van der Waals surface area contributed by atoms with Crippen LogP contribution in [-0.4, -0.2) is 23.2 Å². The summed E-state index contributed by atoms with van der Waals surface area (Å²) in [6, 6.07) is 4.52. The lowest BCUT2D eigenvalue weighted by atomic mass is 10.0. The maximum atomic E-state index is 13.6. The molecule has 1 fully saturated rings. The molecule has 2 atom stereocenters. The Morgan fingerprint density at radius 3 is 2.88 bits per heavy atom. The highest BCUT2D eigenvalue weighted by Crippen LogP contribution is 2.20. The van der Waals surface area contributed by atoms with E-state index in [-0.39, 0.29) is 11.9 Å². The van der Waals surface area contributed by atoms with E-state index in [1.54, 1.807) is 12.1 Å². The molecule has 5 heteroatoms. The highest BCUT2D eigenvalue weighted by molar-refractivity contribution is 9.10.